The number of benzene rings is 1. The van der Waals surface area contributed by atoms with Crippen LogP contribution in [0.1, 0.15) is 36.5 Å². The maximum absolute atomic E-state index is 12.6. The third-order valence-corrected chi connectivity index (χ3v) is 3.45. The summed E-state index contributed by atoms with van der Waals surface area (Å²) in [6.07, 6.45) is 5.28. The normalized spacial score (nSPS) is 18.2. The van der Waals surface area contributed by atoms with E-state index in [4.69, 9.17) is 5.73 Å². The zero-order valence-electron chi connectivity index (χ0n) is 9.93. The van der Waals surface area contributed by atoms with Crippen molar-refractivity contribution in [3.05, 3.63) is 34.9 Å². The van der Waals surface area contributed by atoms with Gasteiger partial charge in [0, 0.05) is 5.54 Å². The molecule has 2 heteroatoms. The van der Waals surface area contributed by atoms with Gasteiger partial charge in [0.1, 0.15) is 6.67 Å². The summed E-state index contributed by atoms with van der Waals surface area (Å²) >= 11 is 0. The van der Waals surface area contributed by atoms with E-state index in [0.29, 0.717) is 6.42 Å². The maximum atomic E-state index is 12.6. The maximum Gasteiger partial charge on any atom is 0.107 e. The first-order chi connectivity index (χ1) is 7.61. The molecule has 1 aromatic carbocycles. The molecule has 2 N–H and O–H groups in total. The van der Waals surface area contributed by atoms with Crippen molar-refractivity contribution < 1.29 is 4.39 Å². The van der Waals surface area contributed by atoms with E-state index in [2.05, 4.69) is 18.2 Å². The highest BCUT2D eigenvalue weighted by Gasteiger charge is 2.18. The number of rotatable bonds is 4. The van der Waals surface area contributed by atoms with Crippen LogP contribution in [0.2, 0.25) is 0 Å². The molecule has 1 aliphatic rings. The van der Waals surface area contributed by atoms with Gasteiger partial charge in [0.2, 0.25) is 0 Å². The van der Waals surface area contributed by atoms with Gasteiger partial charge in [-0.05, 0) is 55.7 Å². The van der Waals surface area contributed by atoms with Crippen LogP contribution in [-0.4, -0.2) is 12.2 Å². The van der Waals surface area contributed by atoms with Crippen LogP contribution in [0.3, 0.4) is 0 Å². The highest BCUT2D eigenvalue weighted by Crippen LogP contribution is 2.24. The Balaban J connectivity index is 2.00. The van der Waals surface area contributed by atoms with Crippen molar-refractivity contribution in [2.24, 2.45) is 5.73 Å². The third-order valence-electron chi connectivity index (χ3n) is 3.45. The third kappa shape index (κ3) is 2.62. The monoisotopic (exact) mass is 221 g/mol. The van der Waals surface area contributed by atoms with Crippen LogP contribution in [0.25, 0.3) is 0 Å². The summed E-state index contributed by atoms with van der Waals surface area (Å²) in [5.74, 6) is 0. The molecule has 0 aromatic heterocycles. The number of alkyl halides is 1. The Bertz CT molecular complexity index is 371. The molecule has 1 aliphatic carbocycles. The first-order valence-electron chi connectivity index (χ1n) is 6.06. The topological polar surface area (TPSA) is 26.0 Å². The molecule has 16 heavy (non-hydrogen) atoms. The van der Waals surface area contributed by atoms with E-state index in [-0.39, 0.29) is 0 Å². The Morgan fingerprint density at radius 1 is 1.31 bits per heavy atom. The molecule has 0 amide bonds. The van der Waals surface area contributed by atoms with E-state index in [1.165, 1.54) is 36.0 Å². The molecule has 0 spiro atoms. The van der Waals surface area contributed by atoms with Gasteiger partial charge in [-0.25, -0.2) is 4.39 Å². The van der Waals surface area contributed by atoms with E-state index < -0.39 is 12.2 Å². The lowest BCUT2D eigenvalue weighted by molar-refractivity contribution is 0.312. The van der Waals surface area contributed by atoms with Crippen molar-refractivity contribution in [1.29, 1.82) is 0 Å². The molecule has 1 unspecified atom stereocenters. The lowest BCUT2D eigenvalue weighted by atomic mass is 9.94. The van der Waals surface area contributed by atoms with Gasteiger partial charge in [0.05, 0.1) is 0 Å². The van der Waals surface area contributed by atoms with Gasteiger partial charge >= 0.3 is 0 Å². The smallest absolute Gasteiger partial charge is 0.107 e. The summed E-state index contributed by atoms with van der Waals surface area (Å²) in [7, 11) is 0. The van der Waals surface area contributed by atoms with Crippen molar-refractivity contribution in [3.8, 4) is 0 Å². The fraction of sp³-hybridized carbons (Fsp3) is 0.571. The Morgan fingerprint density at radius 3 is 2.81 bits per heavy atom. The summed E-state index contributed by atoms with van der Waals surface area (Å²) in [6, 6.07) is 6.66. The van der Waals surface area contributed by atoms with Crippen LogP contribution in [0, 0.1) is 0 Å². The Hall–Kier alpha value is -0.890. The molecule has 0 heterocycles. The molecule has 88 valence electrons. The zero-order chi connectivity index (χ0) is 11.6. The zero-order valence-corrected chi connectivity index (χ0v) is 9.93. The van der Waals surface area contributed by atoms with Crippen LogP contribution in [0.5, 0.6) is 0 Å². The molecule has 1 nitrogen and oxygen atoms in total. The van der Waals surface area contributed by atoms with E-state index >= 15 is 0 Å². The van der Waals surface area contributed by atoms with Gasteiger partial charge in [0.15, 0.2) is 0 Å². The van der Waals surface area contributed by atoms with Crippen LogP contribution < -0.4 is 5.73 Å². The summed E-state index contributed by atoms with van der Waals surface area (Å²) in [4.78, 5) is 0. The minimum atomic E-state index is -0.668. The van der Waals surface area contributed by atoms with Crippen LogP contribution in [0.15, 0.2) is 18.2 Å². The van der Waals surface area contributed by atoms with Crippen molar-refractivity contribution >= 4 is 0 Å². The second-order valence-electron chi connectivity index (χ2n) is 5.24. The first kappa shape index (κ1) is 11.6. The summed E-state index contributed by atoms with van der Waals surface area (Å²) in [5.41, 5.74) is 9.40. The average molecular weight is 221 g/mol. The summed E-state index contributed by atoms with van der Waals surface area (Å²) < 4.78 is 12.6. The van der Waals surface area contributed by atoms with Gasteiger partial charge in [-0.1, -0.05) is 18.2 Å². The van der Waals surface area contributed by atoms with E-state index in [1.807, 2.05) is 0 Å². The van der Waals surface area contributed by atoms with Crippen LogP contribution >= 0.6 is 0 Å². The van der Waals surface area contributed by atoms with Gasteiger partial charge < -0.3 is 5.73 Å². The van der Waals surface area contributed by atoms with Gasteiger partial charge in [-0.2, -0.15) is 0 Å². The SMILES string of the molecule is CC(N)(CF)CCc1ccc2c(c1)CCC2. The fourth-order valence-corrected chi connectivity index (χ4v) is 2.28. The fourth-order valence-electron chi connectivity index (χ4n) is 2.28. The molecule has 0 fully saturated rings. The molecule has 0 saturated carbocycles. The Morgan fingerprint density at radius 2 is 2.06 bits per heavy atom. The van der Waals surface area contributed by atoms with Crippen molar-refractivity contribution in [1.82, 2.24) is 0 Å². The minimum absolute atomic E-state index is 0.446. The van der Waals surface area contributed by atoms with Crippen LogP contribution in [-0.2, 0) is 19.3 Å². The number of aryl methyl sites for hydroxylation is 3. The van der Waals surface area contributed by atoms with Gasteiger partial charge in [-0.3, -0.25) is 0 Å². The summed E-state index contributed by atoms with van der Waals surface area (Å²) in [6.45, 7) is 1.33. The van der Waals surface area contributed by atoms with Crippen molar-refractivity contribution in [2.45, 2.75) is 44.6 Å². The van der Waals surface area contributed by atoms with Crippen molar-refractivity contribution in [3.63, 3.8) is 0 Å². The van der Waals surface area contributed by atoms with E-state index in [1.54, 1.807) is 6.92 Å². The predicted octanol–water partition coefficient (Wildman–Crippen LogP) is 2.79. The molecule has 2 rings (SSSR count). The number of halogens is 1. The lowest BCUT2D eigenvalue weighted by Gasteiger charge is -2.20. The average Bonchev–Trinajstić information content (AvgIpc) is 2.73. The molecule has 1 aromatic rings. The lowest BCUT2D eigenvalue weighted by Crippen LogP contribution is -2.38. The van der Waals surface area contributed by atoms with Crippen molar-refractivity contribution in [2.75, 3.05) is 6.67 Å². The Kier molecular flexibility index (Phi) is 3.29. The molecule has 0 bridgehead atoms. The number of fused-ring (bicyclic) bond motifs is 1. The molecular formula is C14H20FN. The van der Waals surface area contributed by atoms with Gasteiger partial charge in [-0.15, -0.1) is 0 Å². The molecule has 1 atom stereocenters. The van der Waals surface area contributed by atoms with E-state index in [0.717, 1.165) is 6.42 Å². The molecular weight excluding hydrogens is 201 g/mol. The highest BCUT2D eigenvalue weighted by atomic mass is 19.1. The molecule has 0 aliphatic heterocycles. The minimum Gasteiger partial charge on any atom is -0.323 e. The number of hydrogen-bond donors (Lipinski definition) is 1. The van der Waals surface area contributed by atoms with Gasteiger partial charge in [0.25, 0.3) is 0 Å². The molecule has 0 radical (unpaired) electrons. The molecule has 0 saturated heterocycles. The summed E-state index contributed by atoms with van der Waals surface area (Å²) in [5, 5.41) is 0. The Labute approximate surface area is 96.9 Å². The van der Waals surface area contributed by atoms with E-state index in [9.17, 15) is 4.39 Å². The predicted molar refractivity (Wildman–Crippen MR) is 65.4 cm³/mol. The number of hydrogen-bond acceptors (Lipinski definition) is 1. The standard InChI is InChI=1S/C14H20FN/c1-14(16,10-15)8-7-11-5-6-12-3-2-4-13(12)9-11/h5-6,9H,2-4,7-8,10,16H2,1H3. The number of nitrogens with two attached hydrogens (primary N) is 1. The highest BCUT2D eigenvalue weighted by molar-refractivity contribution is 5.35. The largest absolute Gasteiger partial charge is 0.323 e. The van der Waals surface area contributed by atoms with Crippen LogP contribution in [0.4, 0.5) is 4.39 Å². The second-order valence-corrected chi connectivity index (χ2v) is 5.24. The quantitative estimate of drug-likeness (QED) is 0.831. The second kappa shape index (κ2) is 4.54. The first-order valence-corrected chi connectivity index (χ1v) is 6.06.